The number of benzene rings is 1. The van der Waals surface area contributed by atoms with E-state index in [9.17, 15) is 5.11 Å². The largest absolute Gasteiger partial charge is 0.497 e. The molecular weight excluding hydrogens is 292 g/mol. The summed E-state index contributed by atoms with van der Waals surface area (Å²) in [5.74, 6) is 2.23. The third-order valence-corrected chi connectivity index (χ3v) is 3.61. The molecule has 23 heavy (non-hydrogen) atoms. The van der Waals surface area contributed by atoms with E-state index in [4.69, 9.17) is 9.47 Å². The molecule has 2 N–H and O–H groups in total. The molecule has 0 atom stereocenters. The van der Waals surface area contributed by atoms with Crippen LogP contribution in [0, 0.1) is 6.92 Å². The topological polar surface area (TPSA) is 63.6 Å². The molecule has 0 aliphatic rings. The van der Waals surface area contributed by atoms with E-state index >= 15 is 0 Å². The average Bonchev–Trinajstić information content (AvgIpc) is 2.51. The molecule has 0 aliphatic carbocycles. The molecule has 0 amide bonds. The molecule has 5 heteroatoms. The van der Waals surface area contributed by atoms with Crippen LogP contribution in [-0.2, 0) is 12.1 Å². The van der Waals surface area contributed by atoms with E-state index in [0.717, 1.165) is 34.1 Å². The van der Waals surface area contributed by atoms with Gasteiger partial charge in [-0.25, -0.2) is 4.98 Å². The van der Waals surface area contributed by atoms with Crippen molar-refractivity contribution >= 4 is 5.82 Å². The molecule has 1 heterocycles. The Bertz CT molecular complexity index is 678. The van der Waals surface area contributed by atoms with Crippen molar-refractivity contribution in [3.63, 3.8) is 0 Å². The number of anilines is 1. The van der Waals surface area contributed by atoms with E-state index in [1.807, 2.05) is 37.3 Å². The number of hydrogen-bond acceptors (Lipinski definition) is 5. The zero-order valence-corrected chi connectivity index (χ0v) is 14.3. The Hall–Kier alpha value is -2.27. The first-order valence-corrected chi connectivity index (χ1v) is 7.50. The second-order valence-electron chi connectivity index (χ2n) is 5.97. The number of nitrogens with zero attached hydrogens (tertiary/aromatic N) is 1. The third-order valence-electron chi connectivity index (χ3n) is 3.61. The van der Waals surface area contributed by atoms with Gasteiger partial charge in [-0.05, 0) is 50.6 Å². The van der Waals surface area contributed by atoms with Gasteiger partial charge in [-0.15, -0.1) is 0 Å². The number of nitrogens with one attached hydrogen (secondary N) is 1. The van der Waals surface area contributed by atoms with Crippen LogP contribution in [0.5, 0.6) is 11.5 Å². The first-order chi connectivity index (χ1) is 10.8. The molecule has 1 aromatic heterocycles. The SMILES string of the molecule is COc1ccc(CNc2cc(C(C)(C)O)cc(C)n2)c(OC)c1. The molecule has 0 fully saturated rings. The average molecular weight is 316 g/mol. The van der Waals surface area contributed by atoms with Crippen molar-refractivity contribution < 1.29 is 14.6 Å². The fourth-order valence-corrected chi connectivity index (χ4v) is 2.30. The van der Waals surface area contributed by atoms with Crippen LogP contribution in [0.4, 0.5) is 5.82 Å². The first-order valence-electron chi connectivity index (χ1n) is 7.50. The van der Waals surface area contributed by atoms with Crippen molar-refractivity contribution in [2.75, 3.05) is 19.5 Å². The van der Waals surface area contributed by atoms with E-state index < -0.39 is 5.60 Å². The van der Waals surface area contributed by atoms with Gasteiger partial charge in [0, 0.05) is 23.9 Å². The summed E-state index contributed by atoms with van der Waals surface area (Å²) in [6.45, 7) is 6.00. The standard InChI is InChI=1S/C18H24N2O3/c1-12-8-14(18(2,3)21)9-17(20-12)19-11-13-6-7-15(22-4)10-16(13)23-5/h6-10,21H,11H2,1-5H3,(H,19,20). The molecule has 0 unspecified atom stereocenters. The van der Waals surface area contributed by atoms with Gasteiger partial charge in [0.15, 0.2) is 0 Å². The van der Waals surface area contributed by atoms with Crippen LogP contribution in [0.25, 0.3) is 0 Å². The molecule has 0 saturated heterocycles. The van der Waals surface area contributed by atoms with Gasteiger partial charge in [-0.3, -0.25) is 0 Å². The molecule has 0 saturated carbocycles. The van der Waals surface area contributed by atoms with Gasteiger partial charge >= 0.3 is 0 Å². The highest BCUT2D eigenvalue weighted by Crippen LogP contribution is 2.26. The summed E-state index contributed by atoms with van der Waals surface area (Å²) in [5.41, 5.74) is 1.78. The van der Waals surface area contributed by atoms with Gasteiger partial charge in [-0.1, -0.05) is 0 Å². The molecule has 5 nitrogen and oxygen atoms in total. The molecule has 2 rings (SSSR count). The predicted molar refractivity (Wildman–Crippen MR) is 91.1 cm³/mol. The summed E-state index contributed by atoms with van der Waals surface area (Å²) in [7, 11) is 3.26. The zero-order valence-electron chi connectivity index (χ0n) is 14.3. The maximum Gasteiger partial charge on any atom is 0.127 e. The van der Waals surface area contributed by atoms with Crippen LogP contribution in [0.15, 0.2) is 30.3 Å². The number of methoxy groups -OCH3 is 2. The van der Waals surface area contributed by atoms with Crippen molar-refractivity contribution in [2.24, 2.45) is 0 Å². The number of aliphatic hydroxyl groups is 1. The van der Waals surface area contributed by atoms with E-state index in [-0.39, 0.29) is 0 Å². The summed E-state index contributed by atoms with van der Waals surface area (Å²) in [6, 6.07) is 9.45. The Balaban J connectivity index is 2.20. The fourth-order valence-electron chi connectivity index (χ4n) is 2.30. The Kier molecular flexibility index (Phi) is 5.11. The Morgan fingerprint density at radius 1 is 1.13 bits per heavy atom. The zero-order chi connectivity index (χ0) is 17.0. The second-order valence-corrected chi connectivity index (χ2v) is 5.97. The van der Waals surface area contributed by atoms with E-state index in [0.29, 0.717) is 6.54 Å². The number of rotatable bonds is 6. The molecule has 0 radical (unpaired) electrons. The van der Waals surface area contributed by atoms with Crippen LogP contribution < -0.4 is 14.8 Å². The maximum atomic E-state index is 10.2. The minimum atomic E-state index is -0.901. The van der Waals surface area contributed by atoms with Gasteiger partial charge in [0.2, 0.25) is 0 Å². The first kappa shape index (κ1) is 17.1. The normalized spacial score (nSPS) is 11.2. The molecule has 0 aliphatic heterocycles. The summed E-state index contributed by atoms with van der Waals surface area (Å²) >= 11 is 0. The van der Waals surface area contributed by atoms with Gasteiger partial charge < -0.3 is 19.9 Å². The quantitative estimate of drug-likeness (QED) is 0.856. The summed E-state index contributed by atoms with van der Waals surface area (Å²) in [4.78, 5) is 4.46. The fraction of sp³-hybridized carbons (Fsp3) is 0.389. The van der Waals surface area contributed by atoms with Crippen LogP contribution in [-0.4, -0.2) is 24.3 Å². The van der Waals surface area contributed by atoms with Gasteiger partial charge in [-0.2, -0.15) is 0 Å². The van der Waals surface area contributed by atoms with Gasteiger partial charge in [0.1, 0.15) is 17.3 Å². The number of ether oxygens (including phenoxy) is 2. The number of hydrogen-bond donors (Lipinski definition) is 2. The van der Waals surface area contributed by atoms with Crippen LogP contribution >= 0.6 is 0 Å². The molecule has 124 valence electrons. The van der Waals surface area contributed by atoms with E-state index in [1.54, 1.807) is 28.1 Å². The van der Waals surface area contributed by atoms with Crippen LogP contribution in [0.1, 0.15) is 30.7 Å². The van der Waals surface area contributed by atoms with Crippen molar-refractivity contribution in [3.8, 4) is 11.5 Å². The number of aryl methyl sites for hydroxylation is 1. The van der Waals surface area contributed by atoms with E-state index in [2.05, 4.69) is 10.3 Å². The number of pyridine rings is 1. The van der Waals surface area contributed by atoms with Crippen molar-refractivity contribution in [3.05, 3.63) is 47.2 Å². The third kappa shape index (κ3) is 4.36. The molecular formula is C18H24N2O3. The van der Waals surface area contributed by atoms with Crippen LogP contribution in [0.2, 0.25) is 0 Å². The highest BCUT2D eigenvalue weighted by Gasteiger charge is 2.17. The Labute approximate surface area is 137 Å². The summed E-state index contributed by atoms with van der Waals surface area (Å²) < 4.78 is 10.6. The lowest BCUT2D eigenvalue weighted by Gasteiger charge is -2.19. The maximum absolute atomic E-state index is 10.2. The van der Waals surface area contributed by atoms with Gasteiger partial charge in [0.05, 0.1) is 19.8 Å². The molecule has 2 aromatic rings. The molecule has 0 bridgehead atoms. The van der Waals surface area contributed by atoms with Crippen molar-refractivity contribution in [1.29, 1.82) is 0 Å². The highest BCUT2D eigenvalue weighted by molar-refractivity contribution is 5.45. The summed E-state index contributed by atoms with van der Waals surface area (Å²) in [6.07, 6.45) is 0. The second kappa shape index (κ2) is 6.87. The Morgan fingerprint density at radius 3 is 2.48 bits per heavy atom. The molecule has 0 spiro atoms. The smallest absolute Gasteiger partial charge is 0.127 e. The summed E-state index contributed by atoms with van der Waals surface area (Å²) in [5, 5.41) is 13.5. The minimum Gasteiger partial charge on any atom is -0.497 e. The van der Waals surface area contributed by atoms with E-state index in [1.165, 1.54) is 0 Å². The van der Waals surface area contributed by atoms with Crippen molar-refractivity contribution in [1.82, 2.24) is 4.98 Å². The number of aromatic nitrogens is 1. The lowest BCUT2D eigenvalue weighted by molar-refractivity contribution is 0.0785. The van der Waals surface area contributed by atoms with Crippen molar-refractivity contribution in [2.45, 2.75) is 32.9 Å². The van der Waals surface area contributed by atoms with Crippen LogP contribution in [0.3, 0.4) is 0 Å². The highest BCUT2D eigenvalue weighted by atomic mass is 16.5. The lowest BCUT2D eigenvalue weighted by Crippen LogP contribution is -2.16. The lowest BCUT2D eigenvalue weighted by atomic mass is 9.98. The monoisotopic (exact) mass is 316 g/mol. The Morgan fingerprint density at radius 2 is 1.87 bits per heavy atom. The molecule has 1 aromatic carbocycles. The minimum absolute atomic E-state index is 0.564. The van der Waals surface area contributed by atoms with Gasteiger partial charge in [0.25, 0.3) is 0 Å². The predicted octanol–water partition coefficient (Wildman–Crippen LogP) is 3.25.